The zero-order chi connectivity index (χ0) is 43.5. The lowest BCUT2D eigenvalue weighted by Gasteiger charge is -2.18. The smallest absolute Gasteiger partial charge is 0.306 e. The van der Waals surface area contributed by atoms with Crippen LogP contribution in [-0.4, -0.2) is 37.9 Å². The van der Waals surface area contributed by atoms with Crippen LogP contribution in [0.5, 0.6) is 0 Å². The molecule has 0 radical (unpaired) electrons. The highest BCUT2D eigenvalue weighted by Gasteiger charge is 2.17. The summed E-state index contributed by atoms with van der Waals surface area (Å²) in [5, 5.41) is 0. The van der Waals surface area contributed by atoms with Crippen molar-refractivity contribution in [2.24, 2.45) is 0 Å². The van der Waals surface area contributed by atoms with Gasteiger partial charge in [-0.1, -0.05) is 215 Å². The second kappa shape index (κ2) is 50.4. The van der Waals surface area contributed by atoms with Gasteiger partial charge >= 0.3 is 11.9 Å². The Hall–Kier alpha value is -2.92. The Morgan fingerprint density at radius 1 is 0.383 bits per heavy atom. The number of carbonyl (C=O) groups is 2. The molecule has 60 heavy (non-hydrogen) atoms. The van der Waals surface area contributed by atoms with Crippen LogP contribution >= 0.6 is 0 Å². The summed E-state index contributed by atoms with van der Waals surface area (Å²) < 4.78 is 17.2. The van der Waals surface area contributed by atoms with E-state index < -0.39 is 6.10 Å². The lowest BCUT2D eigenvalue weighted by Crippen LogP contribution is -2.30. The fourth-order valence-corrected chi connectivity index (χ4v) is 6.71. The summed E-state index contributed by atoms with van der Waals surface area (Å²) in [6.45, 7) is 7.59. The molecule has 0 bridgehead atoms. The molecule has 0 aliphatic heterocycles. The standard InChI is InChI=1S/C55H94O5/c1-4-7-10-13-16-18-20-22-24-26-28-30-32-34-36-38-40-42-45-48-54(56)59-52-53(51-58-50-47-44-15-12-9-6-3)60-55(57)49-46-43-41-39-37-35-33-31-29-27-25-23-21-19-17-14-11-8-5-2/h7,10,16,18,22-25,28,30,34,36,40,42,53H,4-6,8-9,11-15,17,19-21,26-27,29,31-33,35,37-39,41,43-52H2,1-3H3/b10-7-,18-16-,24-22-,25-23-,30-28-,36-34-,42-40-. The molecule has 0 N–H and O–H groups in total. The molecule has 5 nitrogen and oxygen atoms in total. The van der Waals surface area contributed by atoms with Gasteiger partial charge in [-0.3, -0.25) is 9.59 Å². The normalized spacial score (nSPS) is 12.9. The molecule has 5 heteroatoms. The largest absolute Gasteiger partial charge is 0.462 e. The topological polar surface area (TPSA) is 61.8 Å². The van der Waals surface area contributed by atoms with E-state index in [0.29, 0.717) is 25.9 Å². The van der Waals surface area contributed by atoms with E-state index in [1.807, 2.05) is 6.08 Å². The van der Waals surface area contributed by atoms with E-state index in [1.54, 1.807) is 0 Å². The van der Waals surface area contributed by atoms with Gasteiger partial charge in [0.25, 0.3) is 0 Å². The fourth-order valence-electron chi connectivity index (χ4n) is 6.71. The first-order chi connectivity index (χ1) is 29.6. The molecule has 0 saturated heterocycles. The Balaban J connectivity index is 4.20. The number of carbonyl (C=O) groups excluding carboxylic acids is 2. The average molecular weight is 835 g/mol. The van der Waals surface area contributed by atoms with Crippen LogP contribution in [0.15, 0.2) is 85.1 Å². The molecule has 0 spiro atoms. The minimum atomic E-state index is -0.566. The lowest BCUT2D eigenvalue weighted by atomic mass is 10.1. The average Bonchev–Trinajstić information content (AvgIpc) is 3.25. The molecule has 0 aromatic heterocycles. The molecule has 0 aromatic carbocycles. The van der Waals surface area contributed by atoms with Crippen LogP contribution in [-0.2, 0) is 23.8 Å². The quantitative estimate of drug-likeness (QED) is 0.0347. The molecule has 0 heterocycles. The van der Waals surface area contributed by atoms with E-state index >= 15 is 0 Å². The summed E-state index contributed by atoms with van der Waals surface area (Å²) in [4.78, 5) is 25.2. The third-order valence-corrected chi connectivity index (χ3v) is 10.4. The summed E-state index contributed by atoms with van der Waals surface area (Å²) in [6.07, 6.45) is 66.2. The Morgan fingerprint density at radius 3 is 1.27 bits per heavy atom. The fraction of sp³-hybridized carbons (Fsp3) is 0.709. The summed E-state index contributed by atoms with van der Waals surface area (Å²) in [5.74, 6) is -0.500. The molecule has 344 valence electrons. The third-order valence-electron chi connectivity index (χ3n) is 10.4. The Morgan fingerprint density at radius 2 is 0.783 bits per heavy atom. The van der Waals surface area contributed by atoms with Crippen molar-refractivity contribution in [3.8, 4) is 0 Å². The zero-order valence-electron chi connectivity index (χ0n) is 39.5. The summed E-state index contributed by atoms with van der Waals surface area (Å²) in [6, 6.07) is 0. The van der Waals surface area contributed by atoms with Crippen molar-refractivity contribution in [1.82, 2.24) is 0 Å². The maximum absolute atomic E-state index is 12.7. The molecule has 0 fully saturated rings. The summed E-state index contributed by atoms with van der Waals surface area (Å²) in [7, 11) is 0. The van der Waals surface area contributed by atoms with Gasteiger partial charge in [0.1, 0.15) is 6.61 Å². The van der Waals surface area contributed by atoms with Crippen LogP contribution in [0.3, 0.4) is 0 Å². The number of allylic oxidation sites excluding steroid dienone is 14. The Labute approximate surface area is 371 Å². The highest BCUT2D eigenvalue weighted by Crippen LogP contribution is 2.14. The van der Waals surface area contributed by atoms with Gasteiger partial charge in [0.15, 0.2) is 6.10 Å². The van der Waals surface area contributed by atoms with Gasteiger partial charge in [-0.05, 0) is 83.5 Å². The van der Waals surface area contributed by atoms with E-state index in [4.69, 9.17) is 14.2 Å². The zero-order valence-corrected chi connectivity index (χ0v) is 39.5. The minimum absolute atomic E-state index is 0.0420. The Kier molecular flexibility index (Phi) is 48.0. The second-order valence-corrected chi connectivity index (χ2v) is 16.3. The van der Waals surface area contributed by atoms with Crippen LogP contribution in [0.1, 0.15) is 226 Å². The van der Waals surface area contributed by atoms with Crippen molar-refractivity contribution in [3.63, 3.8) is 0 Å². The first-order valence-electron chi connectivity index (χ1n) is 25.1. The highest BCUT2D eigenvalue weighted by molar-refractivity contribution is 5.70. The van der Waals surface area contributed by atoms with E-state index in [1.165, 1.54) is 116 Å². The van der Waals surface area contributed by atoms with Crippen molar-refractivity contribution >= 4 is 11.9 Å². The van der Waals surface area contributed by atoms with Crippen molar-refractivity contribution < 1.29 is 23.8 Å². The second-order valence-electron chi connectivity index (χ2n) is 16.3. The maximum Gasteiger partial charge on any atom is 0.306 e. The van der Waals surface area contributed by atoms with Gasteiger partial charge in [-0.15, -0.1) is 0 Å². The van der Waals surface area contributed by atoms with Crippen LogP contribution in [0.2, 0.25) is 0 Å². The molecule has 1 unspecified atom stereocenters. The molecule has 0 saturated carbocycles. The van der Waals surface area contributed by atoms with Crippen molar-refractivity contribution in [2.45, 2.75) is 232 Å². The minimum Gasteiger partial charge on any atom is -0.462 e. The molecule has 0 amide bonds. The molecular weight excluding hydrogens is 741 g/mol. The van der Waals surface area contributed by atoms with Crippen LogP contribution in [0.25, 0.3) is 0 Å². The monoisotopic (exact) mass is 835 g/mol. The van der Waals surface area contributed by atoms with E-state index in [-0.39, 0.29) is 25.2 Å². The van der Waals surface area contributed by atoms with Crippen LogP contribution in [0.4, 0.5) is 0 Å². The van der Waals surface area contributed by atoms with Crippen molar-refractivity contribution in [2.75, 3.05) is 19.8 Å². The first-order valence-corrected chi connectivity index (χ1v) is 25.1. The predicted octanol–water partition coefficient (Wildman–Crippen LogP) is 16.9. The number of unbranched alkanes of at least 4 members (excludes halogenated alkanes) is 20. The van der Waals surface area contributed by atoms with Gasteiger partial charge in [-0.25, -0.2) is 0 Å². The summed E-state index contributed by atoms with van der Waals surface area (Å²) >= 11 is 0. The van der Waals surface area contributed by atoms with E-state index in [2.05, 4.69) is 99.8 Å². The SMILES string of the molecule is CC/C=C\C/C=C\C/C=C\C/C=C\C/C=C\C/C=C\CCC(=O)OCC(COCCCCCCCC)OC(=O)CCCCCCCCCCC/C=C\CCCCCCCC. The molecule has 0 aliphatic carbocycles. The Bertz CT molecular complexity index is 1130. The van der Waals surface area contributed by atoms with Crippen molar-refractivity contribution in [3.05, 3.63) is 85.1 Å². The number of rotatable bonds is 45. The molecule has 0 aromatic rings. The number of hydrogen-bond acceptors (Lipinski definition) is 5. The summed E-state index contributed by atoms with van der Waals surface area (Å²) in [5.41, 5.74) is 0. The van der Waals surface area contributed by atoms with E-state index in [9.17, 15) is 9.59 Å². The lowest BCUT2D eigenvalue weighted by molar-refractivity contribution is -0.162. The van der Waals surface area contributed by atoms with Gasteiger partial charge < -0.3 is 14.2 Å². The predicted molar refractivity (Wildman–Crippen MR) is 260 cm³/mol. The van der Waals surface area contributed by atoms with Crippen molar-refractivity contribution in [1.29, 1.82) is 0 Å². The first kappa shape index (κ1) is 57.1. The molecule has 0 rings (SSSR count). The van der Waals surface area contributed by atoms with Gasteiger partial charge in [-0.2, -0.15) is 0 Å². The molecule has 0 aliphatic rings. The molecule has 1 atom stereocenters. The van der Waals surface area contributed by atoms with Crippen LogP contribution < -0.4 is 0 Å². The molecular formula is C55H94O5. The maximum atomic E-state index is 12.7. The number of esters is 2. The van der Waals surface area contributed by atoms with Gasteiger partial charge in [0.05, 0.1) is 6.61 Å². The van der Waals surface area contributed by atoms with Gasteiger partial charge in [0, 0.05) is 19.4 Å². The third kappa shape index (κ3) is 47.8. The van der Waals surface area contributed by atoms with Gasteiger partial charge in [0.2, 0.25) is 0 Å². The highest BCUT2D eigenvalue weighted by atomic mass is 16.6. The van der Waals surface area contributed by atoms with E-state index in [0.717, 1.165) is 70.6 Å². The number of hydrogen-bond donors (Lipinski definition) is 0. The van der Waals surface area contributed by atoms with Crippen LogP contribution in [0, 0.1) is 0 Å². The number of ether oxygens (including phenoxy) is 3.